The molecule has 0 aliphatic carbocycles. The van der Waals surface area contributed by atoms with Crippen LogP contribution in [0, 0.1) is 0 Å². The predicted molar refractivity (Wildman–Crippen MR) is 116 cm³/mol. The van der Waals surface area contributed by atoms with E-state index >= 15 is 0 Å². The number of nitrogens with one attached hydrogen (secondary N) is 1. The van der Waals surface area contributed by atoms with Crippen molar-refractivity contribution in [3.63, 3.8) is 0 Å². The average molecular weight is 428 g/mol. The molecule has 30 heavy (non-hydrogen) atoms. The fourth-order valence-corrected chi connectivity index (χ4v) is 3.12. The lowest BCUT2D eigenvalue weighted by atomic mass is 10.1. The third-order valence-electron chi connectivity index (χ3n) is 4.44. The molecule has 0 saturated heterocycles. The van der Waals surface area contributed by atoms with Gasteiger partial charge in [0.2, 0.25) is 0 Å². The summed E-state index contributed by atoms with van der Waals surface area (Å²) in [5.41, 5.74) is 2.67. The predicted octanol–water partition coefficient (Wildman–Crippen LogP) is 5.25. The van der Waals surface area contributed by atoms with Crippen LogP contribution in [0.3, 0.4) is 0 Å². The summed E-state index contributed by atoms with van der Waals surface area (Å²) in [5, 5.41) is 13.1. The number of methoxy groups -OCH3 is 2. The van der Waals surface area contributed by atoms with Crippen LogP contribution in [-0.2, 0) is 13.2 Å². The lowest BCUT2D eigenvalue weighted by molar-refractivity contribution is 0.0697. The first-order chi connectivity index (χ1) is 14.5. The van der Waals surface area contributed by atoms with E-state index in [4.69, 9.17) is 25.8 Å². The number of ether oxygens (including phenoxy) is 3. The molecule has 0 aliphatic heterocycles. The maximum Gasteiger partial charge on any atom is 0.335 e. The first-order valence-electron chi connectivity index (χ1n) is 9.19. The molecular weight excluding hydrogens is 406 g/mol. The molecule has 2 N–H and O–H groups in total. The third-order valence-corrected chi connectivity index (χ3v) is 4.68. The Labute approximate surface area is 180 Å². The summed E-state index contributed by atoms with van der Waals surface area (Å²) in [7, 11) is 3.12. The molecule has 0 fully saturated rings. The molecule has 0 aromatic heterocycles. The Hall–Kier alpha value is -3.38. The summed E-state index contributed by atoms with van der Waals surface area (Å²) in [6.45, 7) is 0.818. The van der Waals surface area contributed by atoms with Crippen molar-refractivity contribution in [1.29, 1.82) is 0 Å². The molecule has 0 atom stereocenters. The number of carboxylic acids is 1. The van der Waals surface area contributed by atoms with Crippen molar-refractivity contribution >= 4 is 23.3 Å². The molecule has 3 rings (SSSR count). The van der Waals surface area contributed by atoms with Crippen LogP contribution >= 0.6 is 11.6 Å². The van der Waals surface area contributed by atoms with Crippen molar-refractivity contribution in [2.24, 2.45) is 0 Å². The van der Waals surface area contributed by atoms with Crippen LogP contribution in [0.1, 0.15) is 21.5 Å². The number of hydrogen-bond acceptors (Lipinski definition) is 5. The zero-order valence-electron chi connectivity index (χ0n) is 16.6. The molecule has 0 amide bonds. The normalized spacial score (nSPS) is 10.4. The summed E-state index contributed by atoms with van der Waals surface area (Å²) < 4.78 is 16.6. The Morgan fingerprint density at radius 2 is 1.70 bits per heavy atom. The Morgan fingerprint density at radius 1 is 0.933 bits per heavy atom. The van der Waals surface area contributed by atoms with Crippen molar-refractivity contribution in [3.8, 4) is 17.2 Å². The summed E-state index contributed by atoms with van der Waals surface area (Å²) in [4.78, 5) is 11.2. The molecule has 0 unspecified atom stereocenters. The summed E-state index contributed by atoms with van der Waals surface area (Å²) >= 11 is 6.01. The van der Waals surface area contributed by atoms with Gasteiger partial charge in [-0.2, -0.15) is 0 Å². The van der Waals surface area contributed by atoms with Gasteiger partial charge in [-0.05, 0) is 53.6 Å². The summed E-state index contributed by atoms with van der Waals surface area (Å²) in [5.74, 6) is 0.784. The number of carbonyl (C=O) groups is 1. The number of rotatable bonds is 9. The topological polar surface area (TPSA) is 77.0 Å². The van der Waals surface area contributed by atoms with E-state index in [1.54, 1.807) is 19.2 Å². The molecule has 0 bridgehead atoms. The molecule has 0 heterocycles. The van der Waals surface area contributed by atoms with E-state index in [0.29, 0.717) is 41.1 Å². The average Bonchev–Trinajstić information content (AvgIpc) is 2.76. The summed E-state index contributed by atoms with van der Waals surface area (Å²) in [6, 6.07) is 17.8. The van der Waals surface area contributed by atoms with Crippen molar-refractivity contribution in [1.82, 2.24) is 0 Å². The molecule has 3 aromatic rings. The fraction of sp³-hybridized carbons (Fsp3) is 0.174. The van der Waals surface area contributed by atoms with Crippen LogP contribution in [0.25, 0.3) is 0 Å². The Balaban J connectivity index is 1.70. The van der Waals surface area contributed by atoms with Gasteiger partial charge in [-0.3, -0.25) is 0 Å². The minimum absolute atomic E-state index is 0.181. The standard InChI is InChI=1S/C23H22ClNO5/c1-28-20-9-7-17(23(26)27)12-19(20)25-13-15-6-8-21(22(11-15)29-2)30-14-16-4-3-5-18(24)10-16/h3-12,25H,13-14H2,1-2H3,(H,26,27). The Kier molecular flexibility index (Phi) is 7.03. The smallest absolute Gasteiger partial charge is 0.335 e. The molecule has 0 spiro atoms. The van der Waals surface area contributed by atoms with Crippen molar-refractivity contribution in [3.05, 3.63) is 82.4 Å². The lowest BCUT2D eigenvalue weighted by Crippen LogP contribution is -2.05. The number of hydrogen-bond donors (Lipinski definition) is 2. The highest BCUT2D eigenvalue weighted by Gasteiger charge is 2.10. The van der Waals surface area contributed by atoms with Gasteiger partial charge in [-0.1, -0.05) is 29.8 Å². The van der Waals surface area contributed by atoms with Gasteiger partial charge in [0.05, 0.1) is 25.5 Å². The van der Waals surface area contributed by atoms with E-state index < -0.39 is 5.97 Å². The monoisotopic (exact) mass is 427 g/mol. The molecule has 0 radical (unpaired) electrons. The molecule has 156 valence electrons. The van der Waals surface area contributed by atoms with Gasteiger partial charge in [0.15, 0.2) is 11.5 Å². The van der Waals surface area contributed by atoms with E-state index in [-0.39, 0.29) is 5.56 Å². The fourth-order valence-electron chi connectivity index (χ4n) is 2.91. The van der Waals surface area contributed by atoms with Gasteiger partial charge in [-0.25, -0.2) is 4.79 Å². The van der Waals surface area contributed by atoms with Gasteiger partial charge in [-0.15, -0.1) is 0 Å². The van der Waals surface area contributed by atoms with Crippen LogP contribution in [0.15, 0.2) is 60.7 Å². The molecule has 3 aromatic carbocycles. The van der Waals surface area contributed by atoms with E-state index in [1.165, 1.54) is 13.2 Å². The van der Waals surface area contributed by atoms with Crippen LogP contribution < -0.4 is 19.5 Å². The number of carboxylic acid groups (broad SMARTS) is 1. The van der Waals surface area contributed by atoms with E-state index in [1.807, 2.05) is 42.5 Å². The van der Waals surface area contributed by atoms with Gasteiger partial charge >= 0.3 is 5.97 Å². The summed E-state index contributed by atoms with van der Waals surface area (Å²) in [6.07, 6.45) is 0. The van der Waals surface area contributed by atoms with E-state index in [2.05, 4.69) is 5.32 Å². The zero-order chi connectivity index (χ0) is 21.5. The second-order valence-corrected chi connectivity index (χ2v) is 6.91. The Bertz CT molecular complexity index is 1040. The second kappa shape index (κ2) is 9.89. The SMILES string of the molecule is COc1ccc(C(=O)O)cc1NCc1ccc(OCc2cccc(Cl)c2)c(OC)c1. The van der Waals surface area contributed by atoms with E-state index in [9.17, 15) is 9.90 Å². The molecule has 0 saturated carbocycles. The highest BCUT2D eigenvalue weighted by molar-refractivity contribution is 6.30. The molecule has 7 heteroatoms. The molecular formula is C23H22ClNO5. The highest BCUT2D eigenvalue weighted by atomic mass is 35.5. The lowest BCUT2D eigenvalue weighted by Gasteiger charge is -2.15. The van der Waals surface area contributed by atoms with Crippen LogP contribution in [-0.4, -0.2) is 25.3 Å². The highest BCUT2D eigenvalue weighted by Crippen LogP contribution is 2.30. The third kappa shape index (κ3) is 5.36. The Morgan fingerprint density at radius 3 is 2.40 bits per heavy atom. The minimum Gasteiger partial charge on any atom is -0.495 e. The van der Waals surface area contributed by atoms with Crippen molar-refractivity contribution < 1.29 is 24.1 Å². The van der Waals surface area contributed by atoms with Crippen molar-refractivity contribution in [2.75, 3.05) is 19.5 Å². The second-order valence-electron chi connectivity index (χ2n) is 6.48. The first-order valence-corrected chi connectivity index (χ1v) is 9.57. The van der Waals surface area contributed by atoms with Crippen LogP contribution in [0.2, 0.25) is 5.02 Å². The maximum absolute atomic E-state index is 11.2. The molecule has 0 aliphatic rings. The number of anilines is 1. The largest absolute Gasteiger partial charge is 0.495 e. The van der Waals surface area contributed by atoms with Gasteiger partial charge < -0.3 is 24.6 Å². The van der Waals surface area contributed by atoms with Gasteiger partial charge in [0, 0.05) is 11.6 Å². The van der Waals surface area contributed by atoms with E-state index in [0.717, 1.165) is 11.1 Å². The number of aromatic carboxylic acids is 1. The number of benzene rings is 3. The maximum atomic E-state index is 11.2. The number of halogens is 1. The molecule has 6 nitrogen and oxygen atoms in total. The quantitative estimate of drug-likeness (QED) is 0.486. The van der Waals surface area contributed by atoms with Crippen molar-refractivity contribution in [2.45, 2.75) is 13.2 Å². The van der Waals surface area contributed by atoms with Gasteiger partial charge in [0.1, 0.15) is 12.4 Å². The zero-order valence-corrected chi connectivity index (χ0v) is 17.4. The van der Waals surface area contributed by atoms with Crippen LogP contribution in [0.4, 0.5) is 5.69 Å². The van der Waals surface area contributed by atoms with Crippen LogP contribution in [0.5, 0.6) is 17.2 Å². The first kappa shape index (κ1) is 21.3. The van der Waals surface area contributed by atoms with Gasteiger partial charge in [0.25, 0.3) is 0 Å². The minimum atomic E-state index is -0.997.